The van der Waals surface area contributed by atoms with E-state index in [2.05, 4.69) is 30.7 Å². The zero-order chi connectivity index (χ0) is 10.8. The molecule has 0 saturated carbocycles. The highest BCUT2D eigenvalue weighted by Gasteiger charge is 2.28. The van der Waals surface area contributed by atoms with Crippen LogP contribution in [-0.4, -0.2) is 49.1 Å². The Morgan fingerprint density at radius 1 is 0.933 bits per heavy atom. The largest absolute Gasteiger partial charge is 0.306 e. The smallest absolute Gasteiger partial charge is 0.0120 e. The highest BCUT2D eigenvalue weighted by molar-refractivity contribution is 4.83. The maximum absolute atomic E-state index is 2.77. The summed E-state index contributed by atoms with van der Waals surface area (Å²) in [5.41, 5.74) is 0. The average Bonchev–Trinajstić information content (AvgIpc) is 2.17. The summed E-state index contributed by atoms with van der Waals surface area (Å²) >= 11 is 0. The zero-order valence-corrected chi connectivity index (χ0v) is 10.6. The molecule has 2 fully saturated rings. The van der Waals surface area contributed by atoms with Crippen molar-refractivity contribution in [1.82, 2.24) is 9.80 Å². The summed E-state index contributed by atoms with van der Waals surface area (Å²) in [4.78, 5) is 5.24. The monoisotopic (exact) mass is 210 g/mol. The SMILES string of the molecule is CC1CC(C)CN(C2CCN(C)CC2)C1. The van der Waals surface area contributed by atoms with Gasteiger partial charge in [-0.2, -0.15) is 0 Å². The number of piperidine rings is 2. The molecule has 2 aliphatic heterocycles. The molecule has 0 aromatic heterocycles. The van der Waals surface area contributed by atoms with Gasteiger partial charge in [-0.05, 0) is 51.2 Å². The molecule has 2 nitrogen and oxygen atoms in total. The third-order valence-corrected chi connectivity index (χ3v) is 4.10. The number of nitrogens with zero attached hydrogens (tertiary/aromatic N) is 2. The van der Waals surface area contributed by atoms with Crippen LogP contribution in [0.3, 0.4) is 0 Å². The lowest BCUT2D eigenvalue weighted by atomic mass is 9.89. The summed E-state index contributed by atoms with van der Waals surface area (Å²) in [7, 11) is 2.25. The highest BCUT2D eigenvalue weighted by atomic mass is 15.2. The average molecular weight is 210 g/mol. The number of hydrogen-bond acceptors (Lipinski definition) is 2. The molecule has 2 aliphatic rings. The van der Waals surface area contributed by atoms with Crippen LogP contribution in [0.2, 0.25) is 0 Å². The molecule has 0 bridgehead atoms. The van der Waals surface area contributed by atoms with E-state index in [1.807, 2.05) is 0 Å². The van der Waals surface area contributed by atoms with Crippen molar-refractivity contribution in [1.29, 1.82) is 0 Å². The maximum Gasteiger partial charge on any atom is 0.0120 e. The molecule has 2 saturated heterocycles. The maximum atomic E-state index is 2.77. The van der Waals surface area contributed by atoms with Crippen molar-refractivity contribution >= 4 is 0 Å². The summed E-state index contributed by atoms with van der Waals surface area (Å²) in [6, 6.07) is 0.881. The second kappa shape index (κ2) is 4.84. The van der Waals surface area contributed by atoms with Crippen LogP contribution in [0.25, 0.3) is 0 Å². The van der Waals surface area contributed by atoms with Gasteiger partial charge in [-0.25, -0.2) is 0 Å². The molecule has 0 aromatic rings. The minimum absolute atomic E-state index is 0.881. The molecule has 15 heavy (non-hydrogen) atoms. The lowest BCUT2D eigenvalue weighted by Crippen LogP contribution is -2.49. The molecule has 88 valence electrons. The second-order valence-electron chi connectivity index (χ2n) is 5.93. The molecule has 0 aromatic carbocycles. The number of rotatable bonds is 1. The minimum Gasteiger partial charge on any atom is -0.306 e. The van der Waals surface area contributed by atoms with Gasteiger partial charge < -0.3 is 4.90 Å². The molecule has 0 N–H and O–H groups in total. The van der Waals surface area contributed by atoms with Crippen LogP contribution in [0.4, 0.5) is 0 Å². The van der Waals surface area contributed by atoms with E-state index >= 15 is 0 Å². The van der Waals surface area contributed by atoms with Gasteiger partial charge in [-0.15, -0.1) is 0 Å². The molecular weight excluding hydrogens is 184 g/mol. The van der Waals surface area contributed by atoms with Crippen LogP contribution >= 0.6 is 0 Å². The predicted molar refractivity (Wildman–Crippen MR) is 65.0 cm³/mol. The summed E-state index contributed by atoms with van der Waals surface area (Å²) in [5, 5.41) is 0. The van der Waals surface area contributed by atoms with Crippen molar-refractivity contribution in [3.8, 4) is 0 Å². The van der Waals surface area contributed by atoms with Gasteiger partial charge in [0.25, 0.3) is 0 Å². The van der Waals surface area contributed by atoms with Crippen molar-refractivity contribution in [3.63, 3.8) is 0 Å². The normalized spacial score (nSPS) is 37.0. The first-order valence-corrected chi connectivity index (χ1v) is 6.57. The van der Waals surface area contributed by atoms with E-state index in [1.54, 1.807) is 0 Å². The van der Waals surface area contributed by atoms with E-state index in [0.717, 1.165) is 17.9 Å². The van der Waals surface area contributed by atoms with Crippen LogP contribution in [-0.2, 0) is 0 Å². The van der Waals surface area contributed by atoms with Crippen molar-refractivity contribution in [3.05, 3.63) is 0 Å². The summed E-state index contributed by atoms with van der Waals surface area (Å²) < 4.78 is 0. The van der Waals surface area contributed by atoms with E-state index in [9.17, 15) is 0 Å². The van der Waals surface area contributed by atoms with Gasteiger partial charge in [-0.1, -0.05) is 13.8 Å². The van der Waals surface area contributed by atoms with Crippen LogP contribution < -0.4 is 0 Å². The lowest BCUT2D eigenvalue weighted by Gasteiger charge is -2.43. The Balaban J connectivity index is 1.87. The van der Waals surface area contributed by atoms with Crippen LogP contribution in [0, 0.1) is 11.8 Å². The van der Waals surface area contributed by atoms with Crippen molar-refractivity contribution in [2.24, 2.45) is 11.8 Å². The first-order valence-electron chi connectivity index (χ1n) is 6.57. The van der Waals surface area contributed by atoms with E-state index in [-0.39, 0.29) is 0 Å². The summed E-state index contributed by atoms with van der Waals surface area (Å²) in [6.07, 6.45) is 4.20. The molecule has 0 aliphatic carbocycles. The van der Waals surface area contributed by atoms with Gasteiger partial charge in [0.05, 0.1) is 0 Å². The van der Waals surface area contributed by atoms with E-state index in [4.69, 9.17) is 0 Å². The fourth-order valence-corrected chi connectivity index (χ4v) is 3.37. The molecule has 2 unspecified atom stereocenters. The standard InChI is InChI=1S/C13H26N2/c1-11-8-12(2)10-15(9-11)13-4-6-14(3)7-5-13/h11-13H,4-10H2,1-3H3. The van der Waals surface area contributed by atoms with Gasteiger partial charge >= 0.3 is 0 Å². The van der Waals surface area contributed by atoms with Gasteiger partial charge in [0, 0.05) is 19.1 Å². The van der Waals surface area contributed by atoms with Crippen molar-refractivity contribution < 1.29 is 0 Å². The third-order valence-electron chi connectivity index (χ3n) is 4.10. The van der Waals surface area contributed by atoms with E-state index in [1.165, 1.54) is 45.4 Å². The topological polar surface area (TPSA) is 6.48 Å². The van der Waals surface area contributed by atoms with Crippen molar-refractivity contribution in [2.45, 2.75) is 39.2 Å². The summed E-state index contributed by atoms with van der Waals surface area (Å²) in [5.74, 6) is 1.82. The third kappa shape index (κ3) is 2.94. The van der Waals surface area contributed by atoms with E-state index in [0.29, 0.717) is 0 Å². The van der Waals surface area contributed by atoms with Crippen molar-refractivity contribution in [2.75, 3.05) is 33.2 Å². The molecule has 2 heteroatoms. The zero-order valence-electron chi connectivity index (χ0n) is 10.6. The Labute approximate surface area is 94.6 Å². The number of likely N-dealkylation sites (tertiary alicyclic amines) is 2. The molecular formula is C13H26N2. The Hall–Kier alpha value is -0.0800. The first kappa shape index (κ1) is 11.4. The predicted octanol–water partition coefficient (Wildman–Crippen LogP) is 2.06. The lowest BCUT2D eigenvalue weighted by molar-refractivity contribution is 0.0604. The van der Waals surface area contributed by atoms with Gasteiger partial charge in [0.1, 0.15) is 0 Å². The van der Waals surface area contributed by atoms with E-state index < -0.39 is 0 Å². The fourth-order valence-electron chi connectivity index (χ4n) is 3.37. The Bertz CT molecular complexity index is 187. The summed E-state index contributed by atoms with van der Waals surface area (Å²) in [6.45, 7) is 10.1. The van der Waals surface area contributed by atoms with Crippen LogP contribution in [0.15, 0.2) is 0 Å². The molecule has 0 spiro atoms. The first-order chi connectivity index (χ1) is 7.15. The molecule has 2 rings (SSSR count). The molecule has 0 radical (unpaired) electrons. The molecule has 2 atom stereocenters. The van der Waals surface area contributed by atoms with Crippen LogP contribution in [0.5, 0.6) is 0 Å². The Morgan fingerprint density at radius 3 is 2.00 bits per heavy atom. The Morgan fingerprint density at radius 2 is 1.47 bits per heavy atom. The second-order valence-corrected chi connectivity index (χ2v) is 5.93. The Kier molecular flexibility index (Phi) is 3.68. The molecule has 0 amide bonds. The fraction of sp³-hybridized carbons (Fsp3) is 1.00. The van der Waals surface area contributed by atoms with Crippen LogP contribution in [0.1, 0.15) is 33.1 Å². The van der Waals surface area contributed by atoms with Gasteiger partial charge in [-0.3, -0.25) is 4.90 Å². The minimum atomic E-state index is 0.881. The number of hydrogen-bond donors (Lipinski definition) is 0. The van der Waals surface area contributed by atoms with Gasteiger partial charge in [0.15, 0.2) is 0 Å². The molecule has 2 heterocycles. The highest BCUT2D eigenvalue weighted by Crippen LogP contribution is 2.26. The van der Waals surface area contributed by atoms with Gasteiger partial charge in [0.2, 0.25) is 0 Å². The quantitative estimate of drug-likeness (QED) is 0.653.